The highest BCUT2D eigenvalue weighted by Crippen LogP contribution is 2.28. The molecular formula is C22H23NO5S. The van der Waals surface area contributed by atoms with Gasteiger partial charge in [-0.2, -0.15) is 0 Å². The summed E-state index contributed by atoms with van der Waals surface area (Å²) in [5, 5.41) is 13.1. The lowest BCUT2D eigenvalue weighted by molar-refractivity contribution is -0.145. The van der Waals surface area contributed by atoms with Crippen molar-refractivity contribution >= 4 is 45.7 Å². The molecule has 2 aromatic carbocycles. The largest absolute Gasteiger partial charge is 0.479 e. The predicted octanol–water partition coefficient (Wildman–Crippen LogP) is 4.97. The fourth-order valence-electron chi connectivity index (χ4n) is 3.13. The Labute approximate surface area is 173 Å². The molecular weight excluding hydrogens is 390 g/mol. The zero-order valence-corrected chi connectivity index (χ0v) is 17.0. The molecule has 1 saturated heterocycles. The van der Waals surface area contributed by atoms with Crippen LogP contribution in [-0.4, -0.2) is 28.3 Å². The Balaban J connectivity index is 1.73. The highest BCUT2D eigenvalue weighted by atomic mass is 32.2. The van der Waals surface area contributed by atoms with E-state index >= 15 is 0 Å². The van der Waals surface area contributed by atoms with Crippen molar-refractivity contribution in [1.29, 1.82) is 0 Å². The second-order valence-electron chi connectivity index (χ2n) is 6.91. The molecule has 1 aliphatic heterocycles. The summed E-state index contributed by atoms with van der Waals surface area (Å²) >= 11 is 0.881. The average molecular weight is 413 g/mol. The summed E-state index contributed by atoms with van der Waals surface area (Å²) < 4.78 is 5.72. The maximum Gasteiger partial charge on any atom is 0.344 e. The first-order valence-electron chi connectivity index (χ1n) is 9.64. The summed E-state index contributed by atoms with van der Waals surface area (Å²) in [5.41, 5.74) is 0.804. The van der Waals surface area contributed by atoms with E-state index in [0.29, 0.717) is 17.1 Å². The van der Waals surface area contributed by atoms with Crippen LogP contribution in [0.4, 0.5) is 4.79 Å². The van der Waals surface area contributed by atoms with Gasteiger partial charge >= 0.3 is 5.97 Å². The van der Waals surface area contributed by atoms with E-state index in [2.05, 4.69) is 12.2 Å². The van der Waals surface area contributed by atoms with Crippen molar-refractivity contribution in [2.75, 3.05) is 0 Å². The second kappa shape index (κ2) is 9.60. The van der Waals surface area contributed by atoms with Gasteiger partial charge < -0.3 is 9.84 Å². The second-order valence-corrected chi connectivity index (χ2v) is 7.93. The molecule has 1 fully saturated rings. The maximum atomic E-state index is 11.7. The van der Waals surface area contributed by atoms with Crippen molar-refractivity contribution < 1.29 is 24.2 Å². The fourth-order valence-corrected chi connectivity index (χ4v) is 3.81. The number of carbonyl (C=O) groups excluding carboxylic acids is 2. The lowest BCUT2D eigenvalue weighted by atomic mass is 10.1. The topological polar surface area (TPSA) is 92.7 Å². The van der Waals surface area contributed by atoms with E-state index in [0.717, 1.165) is 53.8 Å². The van der Waals surface area contributed by atoms with Gasteiger partial charge in [-0.3, -0.25) is 14.9 Å². The smallest absolute Gasteiger partial charge is 0.344 e. The quantitative estimate of drug-likeness (QED) is 0.446. The molecule has 6 nitrogen and oxygen atoms in total. The summed E-state index contributed by atoms with van der Waals surface area (Å²) in [5.74, 6) is -0.823. The summed E-state index contributed by atoms with van der Waals surface area (Å²) in [6.45, 7) is 2.11. The number of thioether (sulfide) groups is 1. The zero-order valence-electron chi connectivity index (χ0n) is 16.1. The van der Waals surface area contributed by atoms with E-state index in [1.54, 1.807) is 12.1 Å². The number of hydrogen-bond acceptors (Lipinski definition) is 5. The van der Waals surface area contributed by atoms with E-state index in [1.807, 2.05) is 30.3 Å². The molecule has 0 saturated carbocycles. The number of fused-ring (bicyclic) bond motifs is 1. The van der Waals surface area contributed by atoms with Crippen LogP contribution in [0.25, 0.3) is 16.8 Å². The minimum Gasteiger partial charge on any atom is -0.479 e. The van der Waals surface area contributed by atoms with Crippen molar-refractivity contribution in [3.05, 3.63) is 46.9 Å². The lowest BCUT2D eigenvalue weighted by Gasteiger charge is -2.15. The van der Waals surface area contributed by atoms with Gasteiger partial charge in [0.25, 0.3) is 11.1 Å². The highest BCUT2D eigenvalue weighted by molar-refractivity contribution is 8.18. The number of ether oxygens (including phenoxy) is 1. The summed E-state index contributed by atoms with van der Waals surface area (Å²) in [6, 6.07) is 11.1. The minimum atomic E-state index is -0.953. The van der Waals surface area contributed by atoms with Gasteiger partial charge in [-0.25, -0.2) is 4.79 Å². The van der Waals surface area contributed by atoms with Gasteiger partial charge in [-0.05, 0) is 65.2 Å². The van der Waals surface area contributed by atoms with Gasteiger partial charge in [0.05, 0.1) is 4.91 Å². The van der Waals surface area contributed by atoms with Gasteiger partial charge in [0, 0.05) is 0 Å². The number of benzene rings is 2. The molecule has 2 aromatic rings. The molecule has 1 unspecified atom stereocenters. The molecule has 7 heteroatoms. The average Bonchev–Trinajstić information content (AvgIpc) is 3.00. The van der Waals surface area contributed by atoms with Gasteiger partial charge in [-0.1, -0.05) is 44.4 Å². The van der Waals surface area contributed by atoms with Crippen LogP contribution in [0, 0.1) is 0 Å². The zero-order chi connectivity index (χ0) is 20.8. The van der Waals surface area contributed by atoms with Gasteiger partial charge in [0.15, 0.2) is 6.10 Å². The van der Waals surface area contributed by atoms with Crippen LogP contribution in [-0.2, 0) is 9.59 Å². The summed E-state index contributed by atoms with van der Waals surface area (Å²) in [6.07, 6.45) is 5.32. The van der Waals surface area contributed by atoms with E-state index in [1.165, 1.54) is 0 Å². The molecule has 1 heterocycles. The molecule has 0 spiro atoms. The van der Waals surface area contributed by atoms with Crippen molar-refractivity contribution in [3.63, 3.8) is 0 Å². The predicted molar refractivity (Wildman–Crippen MR) is 114 cm³/mol. The number of carboxylic acid groups (broad SMARTS) is 1. The number of amides is 2. The number of rotatable bonds is 9. The van der Waals surface area contributed by atoms with Crippen molar-refractivity contribution in [1.82, 2.24) is 5.32 Å². The molecule has 1 aliphatic rings. The van der Waals surface area contributed by atoms with Gasteiger partial charge in [-0.15, -0.1) is 0 Å². The first kappa shape index (κ1) is 20.9. The van der Waals surface area contributed by atoms with E-state index in [4.69, 9.17) is 4.74 Å². The molecule has 1 atom stereocenters. The van der Waals surface area contributed by atoms with Crippen molar-refractivity contribution in [2.45, 2.75) is 45.1 Å². The van der Waals surface area contributed by atoms with Crippen molar-refractivity contribution in [3.8, 4) is 5.75 Å². The molecule has 3 rings (SSSR count). The number of carboxylic acids is 1. The van der Waals surface area contributed by atoms with Crippen molar-refractivity contribution in [2.24, 2.45) is 0 Å². The van der Waals surface area contributed by atoms with E-state index in [-0.39, 0.29) is 11.1 Å². The Morgan fingerprint density at radius 1 is 1.14 bits per heavy atom. The van der Waals surface area contributed by atoms with Crippen LogP contribution in [0.1, 0.15) is 44.6 Å². The summed E-state index contributed by atoms with van der Waals surface area (Å²) in [4.78, 5) is 34.8. The van der Waals surface area contributed by atoms with Crippen LogP contribution < -0.4 is 10.1 Å². The van der Waals surface area contributed by atoms with E-state index in [9.17, 15) is 19.5 Å². The highest BCUT2D eigenvalue weighted by Gasteiger charge is 2.25. The van der Waals surface area contributed by atoms with Crippen LogP contribution in [0.5, 0.6) is 5.75 Å². The number of unbranched alkanes of at least 4 members (excludes halogenated alkanes) is 3. The molecule has 0 bridgehead atoms. The molecule has 0 radical (unpaired) electrons. The van der Waals surface area contributed by atoms with Crippen LogP contribution >= 0.6 is 11.8 Å². The van der Waals surface area contributed by atoms with Crippen LogP contribution in [0.3, 0.4) is 0 Å². The Kier molecular flexibility index (Phi) is 6.93. The molecule has 29 heavy (non-hydrogen) atoms. The Bertz CT molecular complexity index is 969. The third-order valence-electron chi connectivity index (χ3n) is 4.65. The number of hydrogen-bond donors (Lipinski definition) is 2. The number of nitrogens with one attached hydrogen (secondary N) is 1. The molecule has 152 valence electrons. The Morgan fingerprint density at radius 2 is 1.90 bits per heavy atom. The summed E-state index contributed by atoms with van der Waals surface area (Å²) in [7, 11) is 0. The third-order valence-corrected chi connectivity index (χ3v) is 5.46. The fraction of sp³-hybridized carbons (Fsp3) is 0.318. The Morgan fingerprint density at radius 3 is 2.59 bits per heavy atom. The molecule has 2 N–H and O–H groups in total. The molecule has 2 amide bonds. The lowest BCUT2D eigenvalue weighted by Crippen LogP contribution is -2.26. The molecule has 0 aliphatic carbocycles. The van der Waals surface area contributed by atoms with Gasteiger partial charge in [0.1, 0.15) is 5.75 Å². The SMILES string of the molecule is CCCCCCC(Oc1ccc2cc(/C=C3/SC(=O)NC3=O)ccc2c1)C(=O)O. The van der Waals surface area contributed by atoms with Crippen LogP contribution in [0.15, 0.2) is 41.3 Å². The van der Waals surface area contributed by atoms with Gasteiger partial charge in [0.2, 0.25) is 0 Å². The monoisotopic (exact) mass is 413 g/mol. The number of aliphatic carboxylic acids is 1. The Hall–Kier alpha value is -2.80. The maximum absolute atomic E-state index is 11.7. The number of carbonyl (C=O) groups is 3. The van der Waals surface area contributed by atoms with Crippen LogP contribution in [0.2, 0.25) is 0 Å². The number of imide groups is 1. The normalized spacial score (nSPS) is 16.2. The third kappa shape index (κ3) is 5.60. The van der Waals surface area contributed by atoms with E-state index < -0.39 is 12.1 Å². The standard InChI is InChI=1S/C22H23NO5S/c1-2-3-4-5-6-18(21(25)26)28-17-10-9-15-11-14(7-8-16(15)13-17)12-19-20(24)23-22(27)29-19/h7-13,18H,2-6H2,1H3,(H,25,26)(H,23,24,27)/b19-12+. The molecule has 0 aromatic heterocycles. The minimum absolute atomic E-state index is 0.363. The first-order valence-corrected chi connectivity index (χ1v) is 10.5. The first-order chi connectivity index (χ1) is 14.0.